The molecule has 0 radical (unpaired) electrons. The van der Waals surface area contributed by atoms with E-state index in [9.17, 15) is 33.5 Å². The fourth-order valence-electron chi connectivity index (χ4n) is 10.0. The smallest absolute Gasteiger partial charge is 0.407 e. The quantitative estimate of drug-likeness (QED) is 0.0450. The van der Waals surface area contributed by atoms with E-state index < -0.39 is 54.0 Å². The maximum Gasteiger partial charge on any atom is 0.407 e. The zero-order valence-electron chi connectivity index (χ0n) is 45.6. The van der Waals surface area contributed by atoms with Gasteiger partial charge in [-0.1, -0.05) is 188 Å². The van der Waals surface area contributed by atoms with E-state index in [0.717, 1.165) is 66.8 Å². The van der Waals surface area contributed by atoms with Crippen LogP contribution in [0.4, 0.5) is 18.4 Å². The van der Waals surface area contributed by atoms with Crippen LogP contribution in [0.15, 0.2) is 200 Å². The number of carboxylic acid groups (broad SMARTS) is 1. The van der Waals surface area contributed by atoms with Crippen LogP contribution in [-0.4, -0.2) is 74.2 Å². The Morgan fingerprint density at radius 2 is 0.988 bits per heavy atom. The lowest BCUT2D eigenvalue weighted by atomic mass is 9.98. The number of aryl methyl sites for hydroxylation is 1. The van der Waals surface area contributed by atoms with Gasteiger partial charge in [0.1, 0.15) is 56.1 Å². The molecule has 0 bridgehead atoms. The second-order valence-electron chi connectivity index (χ2n) is 19.6. The number of nitrogens with one attached hydrogen (secondary N) is 3. The number of carboxylic acids is 1. The molecular weight excluding hydrogens is 1040 g/mol. The van der Waals surface area contributed by atoms with Crippen molar-refractivity contribution in [3.05, 3.63) is 256 Å². The Morgan fingerprint density at radius 1 is 0.537 bits per heavy atom. The highest BCUT2D eigenvalue weighted by Crippen LogP contribution is 2.46. The largest absolute Gasteiger partial charge is 0.489 e. The van der Waals surface area contributed by atoms with E-state index in [1.165, 1.54) is 6.07 Å². The van der Waals surface area contributed by atoms with Crippen LogP contribution in [0.5, 0.6) is 5.75 Å². The molecule has 4 N–H and O–H groups in total. The molecule has 0 saturated heterocycles. The van der Waals surface area contributed by atoms with E-state index in [1.807, 2.05) is 153 Å². The molecule has 0 spiro atoms. The molecule has 8 aromatic carbocycles. The number of hydrogen-bond acceptors (Lipinski definition) is 9. The minimum Gasteiger partial charge on any atom is -0.489 e. The van der Waals surface area contributed by atoms with E-state index in [-0.39, 0.29) is 50.0 Å². The van der Waals surface area contributed by atoms with Crippen molar-refractivity contribution in [3.8, 4) is 28.0 Å². The van der Waals surface area contributed by atoms with Gasteiger partial charge in [-0.15, -0.1) is 0 Å². The normalized spacial score (nSPS) is 12.8. The molecule has 420 valence electrons. The summed E-state index contributed by atoms with van der Waals surface area (Å²) in [4.78, 5) is 62.5. The molecule has 0 saturated carbocycles. The van der Waals surface area contributed by atoms with Crippen molar-refractivity contribution in [2.45, 2.75) is 63.3 Å². The van der Waals surface area contributed by atoms with E-state index in [4.69, 9.17) is 18.9 Å². The van der Waals surface area contributed by atoms with Crippen LogP contribution in [0.1, 0.15) is 74.9 Å². The zero-order chi connectivity index (χ0) is 58.0. The van der Waals surface area contributed by atoms with Gasteiger partial charge < -0.3 is 40.0 Å². The van der Waals surface area contributed by atoms with Gasteiger partial charge in [-0.3, -0.25) is 9.18 Å². The molecule has 0 heterocycles. The van der Waals surface area contributed by atoms with Gasteiger partial charge in [0.15, 0.2) is 0 Å². The SMILES string of the molecule is CF.Cc1ccc(COc2ccc(C(C)OC(=O)C(Cc3ccccc3)NC(=O)OCC3c4ccccc4-c4ccccc43)c(F)c2)cc1.O=C(CNC(=O)OCC1c2ccccc2-c2ccccc21)NC(Cc1ccccc1)C(=O)O. The number of alkyl halides is 1. The lowest BCUT2D eigenvalue weighted by molar-refractivity contribution is -0.151. The minimum absolute atomic E-state index is 0.0840. The van der Waals surface area contributed by atoms with Crippen LogP contribution in [0.3, 0.4) is 0 Å². The van der Waals surface area contributed by atoms with E-state index >= 15 is 4.39 Å². The molecule has 8 aromatic rings. The third-order valence-corrected chi connectivity index (χ3v) is 14.1. The van der Waals surface area contributed by atoms with Crippen molar-refractivity contribution in [1.29, 1.82) is 0 Å². The number of esters is 1. The third-order valence-electron chi connectivity index (χ3n) is 14.1. The Morgan fingerprint density at radius 3 is 1.46 bits per heavy atom. The van der Waals surface area contributed by atoms with E-state index in [0.29, 0.717) is 19.5 Å². The number of carbonyl (C=O) groups excluding carboxylic acids is 4. The summed E-state index contributed by atoms with van der Waals surface area (Å²) in [5.74, 6) is -2.85. The summed E-state index contributed by atoms with van der Waals surface area (Å²) in [6, 6.07) is 60.7. The first-order chi connectivity index (χ1) is 39.9. The molecule has 0 fully saturated rings. The number of hydrogen-bond donors (Lipinski definition) is 4. The topological polar surface area (TPSA) is 179 Å². The second kappa shape index (κ2) is 28.5. The average Bonchev–Trinajstić information content (AvgIpc) is 3.56. The molecular formula is C67H63F2N3O10. The number of carbonyl (C=O) groups is 5. The second-order valence-corrected chi connectivity index (χ2v) is 19.6. The Bertz CT molecular complexity index is 3380. The number of benzene rings is 8. The lowest BCUT2D eigenvalue weighted by Gasteiger charge is -2.22. The highest BCUT2D eigenvalue weighted by Gasteiger charge is 2.32. The summed E-state index contributed by atoms with van der Waals surface area (Å²) in [6.45, 7) is 3.76. The van der Waals surface area contributed by atoms with Crippen LogP contribution in [0.25, 0.3) is 22.3 Å². The van der Waals surface area contributed by atoms with Crippen LogP contribution in [0, 0.1) is 12.7 Å². The molecule has 15 heteroatoms. The Balaban J connectivity index is 0.000000221. The first-order valence-electron chi connectivity index (χ1n) is 26.7. The summed E-state index contributed by atoms with van der Waals surface area (Å²) in [5, 5.41) is 16.9. The average molecular weight is 1110 g/mol. The molecule has 3 atom stereocenters. The summed E-state index contributed by atoms with van der Waals surface area (Å²) in [7, 11) is 0.500. The Kier molecular flexibility index (Phi) is 20.3. The lowest BCUT2D eigenvalue weighted by Crippen LogP contribution is -2.46. The maximum absolute atomic E-state index is 15.2. The molecule has 3 amide bonds. The number of ether oxygens (including phenoxy) is 4. The molecule has 0 aliphatic heterocycles. The Hall–Kier alpha value is -9.63. The van der Waals surface area contributed by atoms with Gasteiger partial charge in [-0.25, -0.2) is 23.6 Å². The summed E-state index contributed by atoms with van der Waals surface area (Å²) in [5.41, 5.74) is 12.8. The van der Waals surface area contributed by atoms with Gasteiger partial charge in [0.05, 0.1) is 7.18 Å². The summed E-state index contributed by atoms with van der Waals surface area (Å²) < 4.78 is 47.3. The molecule has 0 aromatic heterocycles. The number of amides is 3. The Labute approximate surface area is 475 Å². The fraction of sp³-hybridized carbons (Fsp3) is 0.209. The van der Waals surface area contributed by atoms with Gasteiger partial charge in [-0.2, -0.15) is 0 Å². The number of alkyl carbamates (subject to hydrolysis) is 2. The molecule has 3 unspecified atom stereocenters. The fourth-order valence-corrected chi connectivity index (χ4v) is 10.0. The van der Waals surface area contributed by atoms with Crippen molar-refractivity contribution in [1.82, 2.24) is 16.0 Å². The molecule has 2 aliphatic rings. The molecule has 82 heavy (non-hydrogen) atoms. The van der Waals surface area contributed by atoms with Gasteiger partial charge in [0, 0.05) is 36.3 Å². The zero-order valence-corrected chi connectivity index (χ0v) is 45.6. The molecule has 13 nitrogen and oxygen atoms in total. The third kappa shape index (κ3) is 15.2. The summed E-state index contributed by atoms with van der Waals surface area (Å²) >= 11 is 0. The number of halogens is 2. The first-order valence-corrected chi connectivity index (χ1v) is 26.7. The molecule has 2 aliphatic carbocycles. The van der Waals surface area contributed by atoms with Gasteiger partial charge in [0.25, 0.3) is 0 Å². The number of aliphatic carboxylic acids is 1. The van der Waals surface area contributed by atoms with E-state index in [2.05, 4.69) is 28.1 Å². The van der Waals surface area contributed by atoms with E-state index in [1.54, 1.807) is 43.3 Å². The predicted molar refractivity (Wildman–Crippen MR) is 308 cm³/mol. The summed E-state index contributed by atoms with van der Waals surface area (Å²) in [6.07, 6.45) is -2.07. The standard InChI is InChI=1S/C40H36FNO5.C26H24N2O5.CH3F/c1-26-16-18-29(19-17-26)24-45-30-20-21-31(37(41)23-30)27(2)47-39(43)38(22-28-10-4-3-5-11-28)42-40(44)46-25-36-34-14-8-6-12-32(34)33-13-7-9-15-35(33)36;29-24(28-23(25(30)31)14-17-8-2-1-3-9-17)15-27-26(32)33-16-22-20-12-6-4-10-18(20)19-11-5-7-13-21(19)22;1-2/h3-21,23,27,36,38H,22,24-25H2,1-2H3,(H,42,44);1-13,22-23H,14-16H2,(H,27,32)(H,28,29)(H,30,31);1H3. The highest BCUT2D eigenvalue weighted by atomic mass is 19.1. The van der Waals surface area contributed by atoms with Crippen molar-refractivity contribution in [3.63, 3.8) is 0 Å². The van der Waals surface area contributed by atoms with Crippen molar-refractivity contribution in [2.75, 3.05) is 26.9 Å². The van der Waals surface area contributed by atoms with Crippen LogP contribution in [0.2, 0.25) is 0 Å². The van der Waals surface area contributed by atoms with Gasteiger partial charge in [0.2, 0.25) is 5.91 Å². The van der Waals surface area contributed by atoms with Crippen LogP contribution in [-0.2, 0) is 48.0 Å². The van der Waals surface area contributed by atoms with Crippen molar-refractivity contribution >= 4 is 30.0 Å². The van der Waals surface area contributed by atoms with Gasteiger partial charge in [-0.05, 0) is 87.2 Å². The number of fused-ring (bicyclic) bond motifs is 6. The van der Waals surface area contributed by atoms with Crippen molar-refractivity contribution < 1.29 is 56.8 Å². The highest BCUT2D eigenvalue weighted by molar-refractivity contribution is 5.87. The van der Waals surface area contributed by atoms with Gasteiger partial charge >= 0.3 is 24.1 Å². The molecule has 10 rings (SSSR count). The van der Waals surface area contributed by atoms with Crippen LogP contribution >= 0.6 is 0 Å². The van der Waals surface area contributed by atoms with Crippen LogP contribution < -0.4 is 20.7 Å². The number of rotatable bonds is 19. The van der Waals surface area contributed by atoms with Crippen molar-refractivity contribution in [2.24, 2.45) is 0 Å². The first kappa shape index (κ1) is 58.5. The minimum atomic E-state index is -1.15. The predicted octanol–water partition coefficient (Wildman–Crippen LogP) is 12.4. The maximum atomic E-state index is 15.2. The monoisotopic (exact) mass is 1110 g/mol.